The molecule has 0 spiro atoms. The van der Waals surface area contributed by atoms with Crippen molar-refractivity contribution in [1.29, 1.82) is 0 Å². The van der Waals surface area contributed by atoms with E-state index in [9.17, 15) is 4.79 Å². The molecule has 0 aliphatic heterocycles. The Labute approximate surface area is 113 Å². The normalized spacial score (nSPS) is 14.2. The Balaban J connectivity index is 1.83. The average molecular weight is 264 g/mol. The Morgan fingerprint density at radius 2 is 2.05 bits per heavy atom. The molecule has 1 aliphatic rings. The molecule has 2 rings (SSSR count). The van der Waals surface area contributed by atoms with Crippen molar-refractivity contribution in [3.8, 4) is 5.75 Å². The van der Waals surface area contributed by atoms with Crippen LogP contribution in [0.5, 0.6) is 5.75 Å². The van der Waals surface area contributed by atoms with Crippen LogP contribution in [-0.2, 0) is 9.53 Å². The van der Waals surface area contributed by atoms with Crippen LogP contribution >= 0.6 is 0 Å². The molecule has 0 bridgehead atoms. The topological polar surface area (TPSA) is 64.8 Å². The summed E-state index contributed by atoms with van der Waals surface area (Å²) in [7, 11) is 1.64. The zero-order chi connectivity index (χ0) is 13.7. The summed E-state index contributed by atoms with van der Waals surface area (Å²) in [5.74, 6) is 0.668. The molecule has 1 aromatic rings. The summed E-state index contributed by atoms with van der Waals surface area (Å²) in [4.78, 5) is 13.9. The molecule has 0 heterocycles. The predicted molar refractivity (Wildman–Crippen MR) is 73.0 cm³/mol. The van der Waals surface area contributed by atoms with Gasteiger partial charge in [0.2, 0.25) is 0 Å². The number of carbonyl (C=O) groups excluding carboxylic acids is 1. The number of hydrogen-bond acceptors (Lipinski definition) is 4. The fourth-order valence-corrected chi connectivity index (χ4v) is 1.88. The lowest BCUT2D eigenvalue weighted by atomic mass is 10.3. The number of hydrogen-bond donors (Lipinski definition) is 1. The van der Waals surface area contributed by atoms with Crippen molar-refractivity contribution >= 4 is 11.6 Å². The molecule has 19 heavy (non-hydrogen) atoms. The first-order valence-electron chi connectivity index (χ1n) is 6.47. The fourth-order valence-electron chi connectivity index (χ4n) is 1.88. The van der Waals surface area contributed by atoms with E-state index in [0.717, 1.165) is 12.8 Å². The van der Waals surface area contributed by atoms with Crippen LogP contribution in [0.1, 0.15) is 12.8 Å². The lowest BCUT2D eigenvalue weighted by Crippen LogP contribution is -2.38. The highest BCUT2D eigenvalue weighted by molar-refractivity contribution is 5.78. The quantitative estimate of drug-likeness (QED) is 0.754. The Morgan fingerprint density at radius 3 is 2.63 bits per heavy atom. The van der Waals surface area contributed by atoms with Gasteiger partial charge in [-0.2, -0.15) is 0 Å². The highest BCUT2D eigenvalue weighted by Crippen LogP contribution is 2.26. The van der Waals surface area contributed by atoms with E-state index in [2.05, 4.69) is 0 Å². The Morgan fingerprint density at radius 1 is 1.37 bits per heavy atom. The summed E-state index contributed by atoms with van der Waals surface area (Å²) in [5.41, 5.74) is 6.27. The number of anilines is 1. The maximum absolute atomic E-state index is 12.1. The monoisotopic (exact) mass is 264 g/mol. The molecule has 0 radical (unpaired) electrons. The van der Waals surface area contributed by atoms with Crippen LogP contribution in [0.25, 0.3) is 0 Å². The molecule has 104 valence electrons. The van der Waals surface area contributed by atoms with Gasteiger partial charge in [-0.1, -0.05) is 0 Å². The van der Waals surface area contributed by atoms with E-state index >= 15 is 0 Å². The summed E-state index contributed by atoms with van der Waals surface area (Å²) < 4.78 is 10.5. The first kappa shape index (κ1) is 13.7. The van der Waals surface area contributed by atoms with Gasteiger partial charge in [-0.3, -0.25) is 4.79 Å². The summed E-state index contributed by atoms with van der Waals surface area (Å²) in [6, 6.07) is 7.41. The third kappa shape index (κ3) is 4.13. The molecule has 1 saturated carbocycles. The lowest BCUT2D eigenvalue weighted by Gasteiger charge is -2.22. The van der Waals surface area contributed by atoms with Crippen LogP contribution in [0.15, 0.2) is 24.3 Å². The van der Waals surface area contributed by atoms with E-state index in [1.807, 2.05) is 4.90 Å². The van der Waals surface area contributed by atoms with Gasteiger partial charge in [-0.25, -0.2) is 0 Å². The van der Waals surface area contributed by atoms with Gasteiger partial charge in [0.1, 0.15) is 5.75 Å². The van der Waals surface area contributed by atoms with Gasteiger partial charge in [-0.05, 0) is 37.1 Å². The second-order valence-corrected chi connectivity index (χ2v) is 4.67. The van der Waals surface area contributed by atoms with Crippen molar-refractivity contribution in [1.82, 2.24) is 4.90 Å². The number of nitrogens with two attached hydrogens (primary N) is 1. The van der Waals surface area contributed by atoms with Crippen molar-refractivity contribution in [3.05, 3.63) is 24.3 Å². The zero-order valence-corrected chi connectivity index (χ0v) is 11.2. The van der Waals surface area contributed by atoms with Gasteiger partial charge in [0, 0.05) is 25.4 Å². The Bertz CT molecular complexity index is 415. The van der Waals surface area contributed by atoms with E-state index in [-0.39, 0.29) is 12.5 Å². The number of ether oxygens (including phenoxy) is 2. The number of nitrogen functional groups attached to an aromatic ring is 1. The lowest BCUT2D eigenvalue weighted by molar-refractivity contribution is -0.134. The number of carbonyl (C=O) groups is 1. The minimum Gasteiger partial charge on any atom is -0.484 e. The average Bonchev–Trinajstić information content (AvgIpc) is 3.23. The van der Waals surface area contributed by atoms with Crippen molar-refractivity contribution in [3.63, 3.8) is 0 Å². The van der Waals surface area contributed by atoms with E-state index in [4.69, 9.17) is 15.2 Å². The first-order chi connectivity index (χ1) is 9.20. The summed E-state index contributed by atoms with van der Waals surface area (Å²) >= 11 is 0. The molecular formula is C14H20N2O3. The molecule has 0 atom stereocenters. The number of nitrogens with zero attached hydrogens (tertiary/aromatic N) is 1. The number of benzene rings is 1. The van der Waals surface area contributed by atoms with Crippen LogP contribution in [0.2, 0.25) is 0 Å². The second-order valence-electron chi connectivity index (χ2n) is 4.67. The molecule has 5 nitrogen and oxygen atoms in total. The van der Waals surface area contributed by atoms with Gasteiger partial charge >= 0.3 is 0 Å². The van der Waals surface area contributed by atoms with E-state index < -0.39 is 0 Å². The van der Waals surface area contributed by atoms with Crippen molar-refractivity contribution < 1.29 is 14.3 Å². The van der Waals surface area contributed by atoms with E-state index in [1.54, 1.807) is 31.4 Å². The minimum atomic E-state index is 0.0105. The predicted octanol–water partition coefficient (Wildman–Crippen LogP) is 1.28. The molecule has 5 heteroatoms. The molecule has 1 amide bonds. The highest BCUT2D eigenvalue weighted by atomic mass is 16.5. The van der Waals surface area contributed by atoms with E-state index in [1.165, 1.54) is 0 Å². The van der Waals surface area contributed by atoms with Crippen LogP contribution in [-0.4, -0.2) is 43.7 Å². The summed E-state index contributed by atoms with van der Waals surface area (Å²) in [5, 5.41) is 0. The number of rotatable bonds is 7. The van der Waals surface area contributed by atoms with Gasteiger partial charge in [-0.15, -0.1) is 0 Å². The van der Waals surface area contributed by atoms with Gasteiger partial charge in [0.05, 0.1) is 6.61 Å². The maximum Gasteiger partial charge on any atom is 0.260 e. The maximum atomic E-state index is 12.1. The standard InChI is InChI=1S/C14H20N2O3/c1-18-9-8-16(12-4-5-12)14(17)10-19-13-6-2-11(15)3-7-13/h2-3,6-7,12H,4-5,8-10,15H2,1H3. The Kier molecular flexibility index (Phi) is 4.63. The zero-order valence-electron chi connectivity index (χ0n) is 11.2. The number of amides is 1. The van der Waals surface area contributed by atoms with Crippen molar-refractivity contribution in [2.24, 2.45) is 0 Å². The first-order valence-corrected chi connectivity index (χ1v) is 6.47. The molecule has 0 aromatic heterocycles. The molecule has 1 aliphatic carbocycles. The van der Waals surface area contributed by atoms with Crippen LogP contribution in [0.3, 0.4) is 0 Å². The summed E-state index contributed by atoms with van der Waals surface area (Å²) in [6.45, 7) is 1.25. The summed E-state index contributed by atoms with van der Waals surface area (Å²) in [6.07, 6.45) is 2.16. The van der Waals surface area contributed by atoms with Gasteiger partial charge in [0.15, 0.2) is 6.61 Å². The SMILES string of the molecule is COCCN(C(=O)COc1ccc(N)cc1)C1CC1. The van der Waals surface area contributed by atoms with Crippen molar-refractivity contribution in [2.75, 3.05) is 32.6 Å². The minimum absolute atomic E-state index is 0.0105. The fraction of sp³-hybridized carbons (Fsp3) is 0.500. The molecular weight excluding hydrogens is 244 g/mol. The molecule has 0 unspecified atom stereocenters. The largest absolute Gasteiger partial charge is 0.484 e. The molecule has 0 saturated heterocycles. The molecule has 1 aromatic carbocycles. The van der Waals surface area contributed by atoms with Gasteiger partial charge in [0.25, 0.3) is 5.91 Å². The van der Waals surface area contributed by atoms with E-state index in [0.29, 0.717) is 30.6 Å². The highest BCUT2D eigenvalue weighted by Gasteiger charge is 2.32. The van der Waals surface area contributed by atoms with Gasteiger partial charge < -0.3 is 20.1 Å². The van der Waals surface area contributed by atoms with Crippen LogP contribution in [0.4, 0.5) is 5.69 Å². The Hall–Kier alpha value is -1.75. The second kappa shape index (κ2) is 6.43. The third-order valence-electron chi connectivity index (χ3n) is 3.09. The van der Waals surface area contributed by atoms with Crippen LogP contribution < -0.4 is 10.5 Å². The smallest absolute Gasteiger partial charge is 0.260 e. The number of methoxy groups -OCH3 is 1. The molecule has 2 N–H and O–H groups in total. The van der Waals surface area contributed by atoms with Crippen molar-refractivity contribution in [2.45, 2.75) is 18.9 Å². The molecule has 1 fully saturated rings. The van der Waals surface area contributed by atoms with Crippen LogP contribution in [0, 0.1) is 0 Å². The third-order valence-corrected chi connectivity index (χ3v) is 3.09.